The van der Waals surface area contributed by atoms with Crippen LogP contribution >= 0.6 is 33.3 Å². The molecule has 5 heteroatoms. The Balaban J connectivity index is 3.48. The van der Waals surface area contributed by atoms with Crippen LogP contribution in [0.4, 0.5) is 0 Å². The van der Waals surface area contributed by atoms with Crippen LogP contribution in [0, 0.1) is 0 Å². The first-order chi connectivity index (χ1) is 9.31. The third-order valence-corrected chi connectivity index (χ3v) is 10.8. The summed E-state index contributed by atoms with van der Waals surface area (Å²) in [5, 5.41) is 2.50. The molecule has 0 aromatic heterocycles. The smallest absolute Gasteiger partial charge is 0.191 e. The lowest BCUT2D eigenvalue weighted by Crippen LogP contribution is -2.41. The van der Waals surface area contributed by atoms with Crippen molar-refractivity contribution in [2.45, 2.75) is 45.3 Å². The van der Waals surface area contributed by atoms with Crippen LogP contribution in [-0.4, -0.2) is 32.2 Å². The summed E-state index contributed by atoms with van der Waals surface area (Å²) >= 11 is 1.98. The molecule has 0 saturated carbocycles. The van der Waals surface area contributed by atoms with Crippen LogP contribution in [0.15, 0.2) is 24.1 Å². The highest BCUT2D eigenvalue weighted by Crippen LogP contribution is 2.36. The van der Waals surface area contributed by atoms with Crippen LogP contribution < -0.4 is 0 Å². The van der Waals surface area contributed by atoms with E-state index in [1.54, 1.807) is 10.8 Å². The van der Waals surface area contributed by atoms with Gasteiger partial charge < -0.3 is 4.43 Å². The van der Waals surface area contributed by atoms with E-state index < -0.39 is 8.32 Å². The van der Waals surface area contributed by atoms with Crippen LogP contribution in [0.2, 0.25) is 18.1 Å². The van der Waals surface area contributed by atoms with E-state index in [0.717, 1.165) is 24.5 Å². The van der Waals surface area contributed by atoms with E-state index >= 15 is 0 Å². The zero-order valence-electron chi connectivity index (χ0n) is 13.6. The van der Waals surface area contributed by atoms with Crippen molar-refractivity contribution in [1.82, 2.24) is 0 Å². The molecule has 0 saturated heterocycles. The van der Waals surface area contributed by atoms with E-state index in [1.165, 1.54) is 5.75 Å². The number of hydrogen-bond acceptors (Lipinski definition) is 4. The Labute approximate surface area is 139 Å². The van der Waals surface area contributed by atoms with Crippen molar-refractivity contribution in [3.05, 3.63) is 24.1 Å². The molecule has 0 bridgehead atoms. The highest BCUT2D eigenvalue weighted by Gasteiger charge is 2.36. The highest BCUT2D eigenvalue weighted by atomic mass is 33.1. The van der Waals surface area contributed by atoms with Crippen molar-refractivity contribution in [3.8, 4) is 0 Å². The lowest BCUT2D eigenvalue weighted by Gasteiger charge is -2.36. The van der Waals surface area contributed by atoms with Gasteiger partial charge in [-0.2, -0.15) is 11.8 Å². The number of rotatable bonds is 11. The Morgan fingerprint density at radius 2 is 1.90 bits per heavy atom. The van der Waals surface area contributed by atoms with E-state index in [9.17, 15) is 0 Å². The zero-order chi connectivity index (χ0) is 15.5. The molecular weight excluding hydrogens is 320 g/mol. The van der Waals surface area contributed by atoms with Crippen LogP contribution in [0.3, 0.4) is 0 Å². The first-order valence-corrected chi connectivity index (χ1v) is 13.5. The van der Waals surface area contributed by atoms with Crippen molar-refractivity contribution in [2.75, 3.05) is 23.9 Å². The molecule has 118 valence electrons. The van der Waals surface area contributed by atoms with Gasteiger partial charge in [-0.1, -0.05) is 54.5 Å². The molecule has 20 heavy (non-hydrogen) atoms. The second kappa shape index (κ2) is 11.3. The lowest BCUT2D eigenvalue weighted by atomic mass is 10.2. The second-order valence-corrected chi connectivity index (χ2v) is 14.4. The molecule has 1 nitrogen and oxygen atoms in total. The van der Waals surface area contributed by atoms with Gasteiger partial charge in [0.2, 0.25) is 0 Å². The van der Waals surface area contributed by atoms with Crippen molar-refractivity contribution in [1.29, 1.82) is 0 Å². The van der Waals surface area contributed by atoms with E-state index in [1.807, 2.05) is 28.6 Å². The maximum absolute atomic E-state index is 6.16. The van der Waals surface area contributed by atoms with Crippen molar-refractivity contribution >= 4 is 41.7 Å². The molecule has 0 aliphatic heterocycles. The molecule has 0 aliphatic rings. The van der Waals surface area contributed by atoms with Crippen molar-refractivity contribution in [3.63, 3.8) is 0 Å². The van der Waals surface area contributed by atoms with Gasteiger partial charge in [0.1, 0.15) is 0 Å². The maximum atomic E-state index is 6.16. The Morgan fingerprint density at radius 3 is 2.50 bits per heavy atom. The molecule has 0 aliphatic carbocycles. The van der Waals surface area contributed by atoms with Crippen molar-refractivity contribution < 1.29 is 4.43 Å². The van der Waals surface area contributed by atoms with E-state index in [-0.39, 0.29) is 0 Å². The highest BCUT2D eigenvalue weighted by molar-refractivity contribution is 8.77. The lowest BCUT2D eigenvalue weighted by molar-refractivity contribution is 0.289. The fraction of sp³-hybridized carbons (Fsp3) is 0.733. The summed E-state index contributed by atoms with van der Waals surface area (Å²) < 4.78 is 6.16. The standard InChI is InChI=1S/C15H30OS3Si/c1-7-11-18-19-14-9-13-17-12-8-10-16-20(5,6)15(2,3)4/h7,9,14H,1,8,10-13H2,2-6H3/b14-9-. The average molecular weight is 351 g/mol. The summed E-state index contributed by atoms with van der Waals surface area (Å²) in [6, 6.07) is 0. The Bertz CT molecular complexity index is 285. The summed E-state index contributed by atoms with van der Waals surface area (Å²) in [6.07, 6.45) is 5.33. The Kier molecular flexibility index (Phi) is 11.7. The number of hydrogen-bond donors (Lipinski definition) is 0. The van der Waals surface area contributed by atoms with Crippen LogP contribution in [0.25, 0.3) is 0 Å². The van der Waals surface area contributed by atoms with Gasteiger partial charge in [0.15, 0.2) is 8.32 Å². The third kappa shape index (κ3) is 10.4. The summed E-state index contributed by atoms with van der Waals surface area (Å²) in [6.45, 7) is 16.1. The molecule has 0 spiro atoms. The molecule has 0 amide bonds. The Hall–Kier alpha value is 0.707. The zero-order valence-corrected chi connectivity index (χ0v) is 17.1. The first kappa shape index (κ1) is 20.7. The summed E-state index contributed by atoms with van der Waals surface area (Å²) in [5.41, 5.74) is 0. The minimum Gasteiger partial charge on any atom is -0.417 e. The van der Waals surface area contributed by atoms with Crippen LogP contribution in [0.5, 0.6) is 0 Å². The minimum atomic E-state index is -1.54. The molecule has 0 aromatic carbocycles. The summed E-state index contributed by atoms with van der Waals surface area (Å²) in [7, 11) is 2.07. The van der Waals surface area contributed by atoms with E-state index in [0.29, 0.717) is 5.04 Å². The normalized spacial score (nSPS) is 13.1. The van der Waals surface area contributed by atoms with Crippen molar-refractivity contribution in [2.24, 2.45) is 0 Å². The van der Waals surface area contributed by atoms with E-state index in [4.69, 9.17) is 4.43 Å². The predicted octanol–water partition coefficient (Wildman–Crippen LogP) is 6.21. The third-order valence-electron chi connectivity index (χ3n) is 3.32. The average Bonchev–Trinajstić information content (AvgIpc) is 2.34. The quantitative estimate of drug-likeness (QED) is 0.189. The molecule has 0 unspecified atom stereocenters. The van der Waals surface area contributed by atoms with E-state index in [2.05, 4.69) is 51.9 Å². The topological polar surface area (TPSA) is 9.23 Å². The first-order valence-electron chi connectivity index (χ1n) is 7.07. The largest absolute Gasteiger partial charge is 0.417 e. The van der Waals surface area contributed by atoms with Gasteiger partial charge in [0.25, 0.3) is 0 Å². The summed E-state index contributed by atoms with van der Waals surface area (Å²) in [4.78, 5) is 0. The van der Waals surface area contributed by atoms with Crippen LogP contribution in [-0.2, 0) is 4.43 Å². The van der Waals surface area contributed by atoms with Gasteiger partial charge in [0, 0.05) is 18.1 Å². The predicted molar refractivity (Wildman–Crippen MR) is 104 cm³/mol. The molecule has 0 radical (unpaired) electrons. The summed E-state index contributed by atoms with van der Waals surface area (Å²) in [5.74, 6) is 3.29. The molecule has 0 N–H and O–H groups in total. The van der Waals surface area contributed by atoms with Gasteiger partial charge in [-0.15, -0.1) is 6.58 Å². The van der Waals surface area contributed by atoms with Gasteiger partial charge >= 0.3 is 0 Å². The fourth-order valence-electron chi connectivity index (χ4n) is 1.06. The SMILES string of the molecule is C=CCSS/C=C\CSCCCO[Si](C)(C)C(C)(C)C. The van der Waals surface area contributed by atoms with Gasteiger partial charge in [-0.25, -0.2) is 0 Å². The minimum absolute atomic E-state index is 0.323. The molecule has 0 aromatic rings. The van der Waals surface area contributed by atoms with Gasteiger partial charge in [0.05, 0.1) is 0 Å². The molecule has 0 heterocycles. The number of thioether (sulfide) groups is 1. The molecule has 0 rings (SSSR count). The second-order valence-electron chi connectivity index (χ2n) is 6.08. The fourth-order valence-corrected chi connectivity index (χ4v) is 4.42. The maximum Gasteiger partial charge on any atom is 0.191 e. The van der Waals surface area contributed by atoms with Gasteiger partial charge in [-0.3, -0.25) is 0 Å². The Morgan fingerprint density at radius 1 is 1.20 bits per heavy atom. The molecular formula is C15H30OS3Si. The monoisotopic (exact) mass is 350 g/mol. The van der Waals surface area contributed by atoms with Crippen LogP contribution in [0.1, 0.15) is 27.2 Å². The van der Waals surface area contributed by atoms with Gasteiger partial charge in [-0.05, 0) is 35.7 Å². The molecule has 0 fully saturated rings. The molecule has 0 atom stereocenters.